The molecule has 0 fully saturated rings. The van der Waals surface area contributed by atoms with Crippen molar-refractivity contribution in [2.45, 2.75) is 32.4 Å². The number of carbonyl (C=O) groups is 2. The van der Waals surface area contributed by atoms with Crippen LogP contribution in [-0.2, 0) is 4.79 Å². The molecule has 0 heterocycles. The maximum Gasteiger partial charge on any atom is 0.253 e. The Morgan fingerprint density at radius 3 is 2.32 bits per heavy atom. The minimum Gasteiger partial charge on any atom is -0.354 e. The van der Waals surface area contributed by atoms with E-state index in [-0.39, 0.29) is 36.7 Å². The first kappa shape index (κ1) is 24.0. The Morgan fingerprint density at radius 1 is 1.04 bits per heavy atom. The van der Waals surface area contributed by atoms with Crippen LogP contribution in [-0.4, -0.2) is 30.9 Å². The maximum atomic E-state index is 12.6. The van der Waals surface area contributed by atoms with Crippen LogP contribution >= 0.6 is 24.0 Å². The van der Waals surface area contributed by atoms with Crippen molar-refractivity contribution in [1.29, 1.82) is 0 Å². The van der Waals surface area contributed by atoms with Gasteiger partial charge in [-0.25, -0.2) is 0 Å². The van der Waals surface area contributed by atoms with Crippen LogP contribution < -0.4 is 16.0 Å². The van der Waals surface area contributed by atoms with Gasteiger partial charge in [0.05, 0.1) is 23.0 Å². The van der Waals surface area contributed by atoms with Crippen LogP contribution in [0.5, 0.6) is 0 Å². The highest BCUT2D eigenvalue weighted by molar-refractivity contribution is 6.33. The summed E-state index contributed by atoms with van der Waals surface area (Å²) >= 11 is 6.12. The predicted molar refractivity (Wildman–Crippen MR) is 116 cm³/mol. The van der Waals surface area contributed by atoms with E-state index in [2.05, 4.69) is 16.0 Å². The Labute approximate surface area is 177 Å². The van der Waals surface area contributed by atoms with Crippen LogP contribution in [0, 0.1) is 0 Å². The van der Waals surface area contributed by atoms with E-state index in [1.54, 1.807) is 24.3 Å². The molecule has 0 aliphatic rings. The monoisotopic (exact) mass is 423 g/mol. The van der Waals surface area contributed by atoms with Gasteiger partial charge in [0.15, 0.2) is 0 Å². The normalized spacial score (nSPS) is 12.4. The summed E-state index contributed by atoms with van der Waals surface area (Å²) in [5, 5.41) is 9.47. The standard InChI is InChI=1S/C21H26ClN3O2.ClH/c1-3-23-15(2)14-24-20(26)13-19(16-9-5-4-6-10-16)25-21(27)17-11-7-8-12-18(17)22;/h4-12,15,19,23H,3,13-14H2,1-2H3,(H,24,26)(H,25,27);1H/t15-,19?;/m1./s1. The van der Waals surface area contributed by atoms with Crippen molar-refractivity contribution in [1.82, 2.24) is 16.0 Å². The summed E-state index contributed by atoms with van der Waals surface area (Å²) in [6.07, 6.45) is 0.152. The van der Waals surface area contributed by atoms with Gasteiger partial charge in [0, 0.05) is 12.6 Å². The lowest BCUT2D eigenvalue weighted by Gasteiger charge is -2.20. The third kappa shape index (κ3) is 7.50. The second-order valence-electron chi connectivity index (χ2n) is 6.38. The summed E-state index contributed by atoms with van der Waals surface area (Å²) in [4.78, 5) is 25.0. The van der Waals surface area contributed by atoms with Gasteiger partial charge in [-0.05, 0) is 31.2 Å². The number of hydrogen-bond donors (Lipinski definition) is 3. The zero-order chi connectivity index (χ0) is 19.6. The summed E-state index contributed by atoms with van der Waals surface area (Å²) < 4.78 is 0. The molecule has 7 heteroatoms. The number of rotatable bonds is 9. The molecule has 2 aromatic rings. The number of amides is 2. The number of carbonyl (C=O) groups excluding carboxylic acids is 2. The smallest absolute Gasteiger partial charge is 0.253 e. The minimum absolute atomic E-state index is 0. The molecule has 0 radical (unpaired) electrons. The quantitative estimate of drug-likeness (QED) is 0.575. The van der Waals surface area contributed by atoms with Gasteiger partial charge < -0.3 is 16.0 Å². The maximum absolute atomic E-state index is 12.6. The zero-order valence-electron chi connectivity index (χ0n) is 16.1. The van der Waals surface area contributed by atoms with E-state index < -0.39 is 6.04 Å². The molecule has 2 amide bonds. The highest BCUT2D eigenvalue weighted by Crippen LogP contribution is 2.20. The van der Waals surface area contributed by atoms with Crippen molar-refractivity contribution < 1.29 is 9.59 Å². The largest absolute Gasteiger partial charge is 0.354 e. The van der Waals surface area contributed by atoms with E-state index in [0.717, 1.165) is 12.1 Å². The summed E-state index contributed by atoms with van der Waals surface area (Å²) in [5.41, 5.74) is 1.26. The van der Waals surface area contributed by atoms with Crippen LogP contribution in [0.25, 0.3) is 0 Å². The number of nitrogens with one attached hydrogen (secondary N) is 3. The lowest BCUT2D eigenvalue weighted by atomic mass is 10.0. The number of halogens is 2. The van der Waals surface area contributed by atoms with Crippen molar-refractivity contribution >= 4 is 35.8 Å². The highest BCUT2D eigenvalue weighted by Gasteiger charge is 2.20. The fourth-order valence-electron chi connectivity index (χ4n) is 2.76. The third-order valence-corrected chi connectivity index (χ3v) is 4.50. The molecule has 0 spiro atoms. The van der Waals surface area contributed by atoms with Crippen LogP contribution in [0.3, 0.4) is 0 Å². The molecule has 3 N–H and O–H groups in total. The van der Waals surface area contributed by atoms with Gasteiger partial charge >= 0.3 is 0 Å². The molecule has 5 nitrogen and oxygen atoms in total. The van der Waals surface area contributed by atoms with E-state index in [9.17, 15) is 9.59 Å². The molecule has 0 aliphatic heterocycles. The Bertz CT molecular complexity index is 756. The predicted octanol–water partition coefficient (Wildman–Crippen LogP) is 3.74. The molecule has 0 aromatic heterocycles. The van der Waals surface area contributed by atoms with Crippen molar-refractivity contribution in [3.05, 3.63) is 70.7 Å². The summed E-state index contributed by atoms with van der Waals surface area (Å²) in [6.45, 7) is 5.41. The highest BCUT2D eigenvalue weighted by atomic mass is 35.5. The molecule has 0 saturated carbocycles. The van der Waals surface area contributed by atoms with E-state index in [1.807, 2.05) is 44.2 Å². The SMILES string of the molecule is CCN[C@H](C)CNC(=O)CC(NC(=O)c1ccccc1Cl)c1ccccc1.Cl. The van der Waals surface area contributed by atoms with Crippen LogP contribution in [0.1, 0.15) is 42.2 Å². The number of likely N-dealkylation sites (N-methyl/N-ethyl adjacent to an activating group) is 1. The number of benzene rings is 2. The molecule has 152 valence electrons. The molecule has 2 atom stereocenters. The third-order valence-electron chi connectivity index (χ3n) is 4.17. The second-order valence-corrected chi connectivity index (χ2v) is 6.79. The van der Waals surface area contributed by atoms with Gasteiger partial charge in [0.1, 0.15) is 0 Å². The van der Waals surface area contributed by atoms with Gasteiger partial charge in [-0.2, -0.15) is 0 Å². The first-order chi connectivity index (χ1) is 13.0. The molecular weight excluding hydrogens is 397 g/mol. The van der Waals surface area contributed by atoms with Crippen molar-refractivity contribution in [2.75, 3.05) is 13.1 Å². The molecule has 0 saturated heterocycles. The first-order valence-corrected chi connectivity index (χ1v) is 9.49. The Morgan fingerprint density at radius 2 is 1.68 bits per heavy atom. The summed E-state index contributed by atoms with van der Waals surface area (Å²) in [7, 11) is 0. The van der Waals surface area contributed by atoms with Crippen molar-refractivity contribution in [2.24, 2.45) is 0 Å². The van der Waals surface area contributed by atoms with Crippen LogP contribution in [0.15, 0.2) is 54.6 Å². The average molecular weight is 424 g/mol. The zero-order valence-corrected chi connectivity index (χ0v) is 17.6. The Hall–Kier alpha value is -2.08. The molecular formula is C21H27Cl2N3O2. The van der Waals surface area contributed by atoms with Gasteiger partial charge in [-0.15, -0.1) is 12.4 Å². The molecule has 2 rings (SSSR count). The van der Waals surface area contributed by atoms with Gasteiger partial charge in [-0.1, -0.05) is 61.0 Å². The molecule has 1 unspecified atom stereocenters. The number of hydrogen-bond acceptors (Lipinski definition) is 3. The van der Waals surface area contributed by atoms with E-state index >= 15 is 0 Å². The van der Waals surface area contributed by atoms with E-state index in [4.69, 9.17) is 11.6 Å². The molecule has 0 bridgehead atoms. The van der Waals surface area contributed by atoms with Crippen molar-refractivity contribution in [3.8, 4) is 0 Å². The minimum atomic E-state index is -0.440. The fourth-order valence-corrected chi connectivity index (χ4v) is 2.99. The van der Waals surface area contributed by atoms with Crippen LogP contribution in [0.4, 0.5) is 0 Å². The average Bonchev–Trinajstić information content (AvgIpc) is 2.67. The Balaban J connectivity index is 0.00000392. The summed E-state index contributed by atoms with van der Waals surface area (Å²) in [5.74, 6) is -0.420. The van der Waals surface area contributed by atoms with E-state index in [1.165, 1.54) is 0 Å². The van der Waals surface area contributed by atoms with Gasteiger partial charge in [0.2, 0.25) is 5.91 Å². The van der Waals surface area contributed by atoms with Gasteiger partial charge in [0.25, 0.3) is 5.91 Å². The van der Waals surface area contributed by atoms with Gasteiger partial charge in [-0.3, -0.25) is 9.59 Å². The summed E-state index contributed by atoms with van der Waals surface area (Å²) in [6, 6.07) is 16.1. The molecule has 0 aliphatic carbocycles. The second kappa shape index (κ2) is 12.4. The first-order valence-electron chi connectivity index (χ1n) is 9.11. The van der Waals surface area contributed by atoms with Crippen molar-refractivity contribution in [3.63, 3.8) is 0 Å². The van der Waals surface area contributed by atoms with E-state index in [0.29, 0.717) is 17.1 Å². The topological polar surface area (TPSA) is 70.2 Å². The molecule has 2 aromatic carbocycles. The lowest BCUT2D eigenvalue weighted by molar-refractivity contribution is -0.121. The Kier molecular flexibility index (Phi) is 10.6. The molecule has 28 heavy (non-hydrogen) atoms. The van der Waals surface area contributed by atoms with Crippen LogP contribution in [0.2, 0.25) is 5.02 Å². The fraction of sp³-hybridized carbons (Fsp3) is 0.333. The lowest BCUT2D eigenvalue weighted by Crippen LogP contribution is -2.40.